The van der Waals surface area contributed by atoms with E-state index in [1.165, 1.54) is 16.8 Å². The zero-order valence-electron chi connectivity index (χ0n) is 18.2. The van der Waals surface area contributed by atoms with Gasteiger partial charge in [-0.25, -0.2) is 4.39 Å². The summed E-state index contributed by atoms with van der Waals surface area (Å²) in [5.74, 6) is 2.38. The lowest BCUT2D eigenvalue weighted by Crippen LogP contribution is -2.47. The maximum absolute atomic E-state index is 13.6. The van der Waals surface area contributed by atoms with Crippen molar-refractivity contribution in [1.82, 2.24) is 10.2 Å². The lowest BCUT2D eigenvalue weighted by molar-refractivity contribution is 0.264. The molecule has 2 heterocycles. The zero-order chi connectivity index (χ0) is 21.2. The summed E-state index contributed by atoms with van der Waals surface area (Å²) in [7, 11) is 1.73. The number of rotatable bonds is 5. The topological polar surface area (TPSA) is 40.1 Å². The number of methoxy groups -OCH3 is 1. The Bertz CT molecular complexity index is 954. The van der Waals surface area contributed by atoms with E-state index in [1.807, 2.05) is 18.2 Å². The second-order valence-electron chi connectivity index (χ2n) is 8.77. The molecule has 5 nitrogen and oxygen atoms in total. The van der Waals surface area contributed by atoms with Gasteiger partial charge in [-0.2, -0.15) is 0 Å². The van der Waals surface area contributed by atoms with Crippen molar-refractivity contribution in [3.8, 4) is 5.75 Å². The van der Waals surface area contributed by atoms with Crippen molar-refractivity contribution in [2.24, 2.45) is 4.99 Å². The number of benzene rings is 2. The third-order valence-electron chi connectivity index (χ3n) is 7.00. The standard InChI is InChI=1S/C25H31FN4O/c1-31-24-5-3-2-4-23(24)30-14-12-29(13-15-30)11-10-27-25-17-21-20-8-7-19(26)16-18(20)6-9-22(21)28-25/h2-5,7-8,16,21-22H,6,9-15,17H2,1H3,(H,27,28). The highest BCUT2D eigenvalue weighted by Gasteiger charge is 2.36. The Morgan fingerprint density at radius 2 is 1.97 bits per heavy atom. The molecule has 0 amide bonds. The normalized spacial score (nSPS) is 24.6. The minimum atomic E-state index is -0.122. The number of amidine groups is 1. The summed E-state index contributed by atoms with van der Waals surface area (Å²) in [5, 5.41) is 3.64. The molecule has 3 aliphatic rings. The van der Waals surface area contributed by atoms with E-state index >= 15 is 0 Å². The van der Waals surface area contributed by atoms with Gasteiger partial charge in [0.05, 0.1) is 25.2 Å². The lowest BCUT2D eigenvalue weighted by Gasteiger charge is -2.36. The molecule has 2 saturated heterocycles. The fourth-order valence-corrected chi connectivity index (χ4v) is 5.33. The molecule has 2 aromatic rings. The average molecular weight is 423 g/mol. The summed E-state index contributed by atoms with van der Waals surface area (Å²) in [6, 6.07) is 14.0. The highest BCUT2D eigenvalue weighted by Crippen LogP contribution is 2.38. The number of piperazine rings is 1. The molecule has 1 aliphatic carbocycles. The highest BCUT2D eigenvalue weighted by atomic mass is 19.1. The van der Waals surface area contributed by atoms with Gasteiger partial charge in [0.2, 0.25) is 0 Å². The number of hydrogen-bond acceptors (Lipinski definition) is 4. The zero-order valence-corrected chi connectivity index (χ0v) is 18.2. The molecule has 0 spiro atoms. The van der Waals surface area contributed by atoms with Gasteiger partial charge in [-0.05, 0) is 48.2 Å². The molecular weight excluding hydrogens is 391 g/mol. The van der Waals surface area contributed by atoms with Crippen LogP contribution in [0.2, 0.25) is 0 Å². The molecule has 2 aliphatic heterocycles. The quantitative estimate of drug-likeness (QED) is 0.801. The third-order valence-corrected chi connectivity index (χ3v) is 7.00. The van der Waals surface area contributed by atoms with E-state index in [4.69, 9.17) is 9.73 Å². The Labute approximate surface area is 183 Å². The van der Waals surface area contributed by atoms with Crippen LogP contribution >= 0.6 is 0 Å². The van der Waals surface area contributed by atoms with Gasteiger partial charge in [0.25, 0.3) is 0 Å². The average Bonchev–Trinajstić information content (AvgIpc) is 3.22. The number of ether oxygens (including phenoxy) is 1. The number of aliphatic imine (C=N–C) groups is 1. The second-order valence-corrected chi connectivity index (χ2v) is 8.77. The van der Waals surface area contributed by atoms with Crippen molar-refractivity contribution < 1.29 is 9.13 Å². The Kier molecular flexibility index (Phi) is 5.81. The molecule has 2 fully saturated rings. The van der Waals surface area contributed by atoms with Crippen LogP contribution in [0.4, 0.5) is 10.1 Å². The smallest absolute Gasteiger partial charge is 0.142 e. The fourth-order valence-electron chi connectivity index (χ4n) is 5.33. The summed E-state index contributed by atoms with van der Waals surface area (Å²) >= 11 is 0. The monoisotopic (exact) mass is 422 g/mol. The minimum absolute atomic E-state index is 0.122. The predicted octanol–water partition coefficient (Wildman–Crippen LogP) is 3.45. The third kappa shape index (κ3) is 4.26. The van der Waals surface area contributed by atoms with E-state index in [-0.39, 0.29) is 5.82 Å². The maximum atomic E-state index is 13.6. The van der Waals surface area contributed by atoms with Crippen molar-refractivity contribution in [1.29, 1.82) is 0 Å². The van der Waals surface area contributed by atoms with Crippen LogP contribution in [0.3, 0.4) is 0 Å². The van der Waals surface area contributed by atoms with Crippen LogP contribution in [0.1, 0.15) is 29.9 Å². The van der Waals surface area contributed by atoms with E-state index in [0.29, 0.717) is 12.0 Å². The van der Waals surface area contributed by atoms with Gasteiger partial charge >= 0.3 is 0 Å². The van der Waals surface area contributed by atoms with Gasteiger partial charge in [-0.3, -0.25) is 9.89 Å². The van der Waals surface area contributed by atoms with Crippen LogP contribution in [-0.2, 0) is 6.42 Å². The maximum Gasteiger partial charge on any atom is 0.142 e. The molecule has 5 rings (SSSR count). The number of aryl methyl sites for hydroxylation is 1. The predicted molar refractivity (Wildman–Crippen MR) is 123 cm³/mol. The van der Waals surface area contributed by atoms with Crippen LogP contribution in [-0.4, -0.2) is 63.2 Å². The molecule has 31 heavy (non-hydrogen) atoms. The van der Waals surface area contributed by atoms with E-state index < -0.39 is 0 Å². The largest absolute Gasteiger partial charge is 0.495 e. The molecule has 0 saturated carbocycles. The number of hydrogen-bond donors (Lipinski definition) is 1. The van der Waals surface area contributed by atoms with Gasteiger partial charge in [0.1, 0.15) is 11.6 Å². The molecule has 164 valence electrons. The van der Waals surface area contributed by atoms with Crippen LogP contribution in [0.25, 0.3) is 0 Å². The van der Waals surface area contributed by atoms with Crippen LogP contribution in [0, 0.1) is 5.82 Å². The Morgan fingerprint density at radius 1 is 1.13 bits per heavy atom. The number of fused-ring (bicyclic) bond motifs is 3. The first kappa shape index (κ1) is 20.3. The van der Waals surface area contributed by atoms with E-state index in [9.17, 15) is 4.39 Å². The fraction of sp³-hybridized carbons (Fsp3) is 0.480. The Balaban J connectivity index is 1.13. The van der Waals surface area contributed by atoms with Crippen molar-refractivity contribution in [2.45, 2.75) is 31.2 Å². The van der Waals surface area contributed by atoms with E-state index in [0.717, 1.165) is 70.1 Å². The molecule has 6 heteroatoms. The number of nitrogens with one attached hydrogen (secondary N) is 1. The Morgan fingerprint density at radius 3 is 2.81 bits per heavy atom. The summed E-state index contributed by atoms with van der Waals surface area (Å²) in [4.78, 5) is 9.80. The van der Waals surface area contributed by atoms with Crippen molar-refractivity contribution in [2.75, 3.05) is 51.3 Å². The molecule has 0 bridgehead atoms. The minimum Gasteiger partial charge on any atom is -0.495 e. The van der Waals surface area contributed by atoms with Gasteiger partial charge in [0.15, 0.2) is 0 Å². The number of para-hydroxylation sites is 2. The molecule has 0 aromatic heterocycles. The van der Waals surface area contributed by atoms with Gasteiger partial charge < -0.3 is 15.0 Å². The molecule has 1 N–H and O–H groups in total. The lowest BCUT2D eigenvalue weighted by atomic mass is 9.80. The second kappa shape index (κ2) is 8.87. The first-order valence-corrected chi connectivity index (χ1v) is 11.4. The summed E-state index contributed by atoms with van der Waals surface area (Å²) in [6.45, 7) is 5.91. The number of halogens is 1. The van der Waals surface area contributed by atoms with Gasteiger partial charge in [-0.15, -0.1) is 0 Å². The first-order valence-electron chi connectivity index (χ1n) is 11.4. The number of anilines is 1. The summed E-state index contributed by atoms with van der Waals surface area (Å²) in [5.41, 5.74) is 3.67. The van der Waals surface area contributed by atoms with Crippen molar-refractivity contribution in [3.05, 3.63) is 59.4 Å². The molecule has 2 unspecified atom stereocenters. The van der Waals surface area contributed by atoms with Crippen molar-refractivity contribution >= 4 is 11.5 Å². The highest BCUT2D eigenvalue weighted by molar-refractivity contribution is 5.86. The molecule has 2 aromatic carbocycles. The van der Waals surface area contributed by atoms with E-state index in [1.54, 1.807) is 19.2 Å². The molecular formula is C25H31FN4O. The number of nitrogens with zero attached hydrogens (tertiary/aromatic N) is 3. The summed E-state index contributed by atoms with van der Waals surface area (Å²) < 4.78 is 19.1. The van der Waals surface area contributed by atoms with Crippen LogP contribution in [0.5, 0.6) is 5.75 Å². The first-order chi connectivity index (χ1) is 15.2. The van der Waals surface area contributed by atoms with Crippen LogP contribution < -0.4 is 15.0 Å². The molecule has 0 radical (unpaired) electrons. The molecule has 2 atom stereocenters. The summed E-state index contributed by atoms with van der Waals surface area (Å²) in [6.07, 6.45) is 2.96. The SMILES string of the molecule is COc1ccccc1N1CCN(CCN=C2CC3c4ccc(F)cc4CCC3N2)CC1. The van der Waals surface area contributed by atoms with Crippen LogP contribution in [0.15, 0.2) is 47.5 Å². The van der Waals surface area contributed by atoms with E-state index in [2.05, 4.69) is 27.2 Å². The van der Waals surface area contributed by atoms with Crippen molar-refractivity contribution in [3.63, 3.8) is 0 Å². The Hall–Kier alpha value is -2.60. The van der Waals surface area contributed by atoms with Gasteiger partial charge in [0, 0.05) is 51.1 Å². The van der Waals surface area contributed by atoms with Gasteiger partial charge in [-0.1, -0.05) is 18.2 Å².